The Balaban J connectivity index is 1.34. The Hall–Kier alpha value is -1.69. The molecule has 6 heteroatoms. The zero-order chi connectivity index (χ0) is 30.0. The number of nitrogens with zero attached hydrogens (tertiary/aromatic N) is 1. The second-order valence-corrected chi connectivity index (χ2v) is 16.0. The molecule has 1 aromatic carbocycles. The van der Waals surface area contributed by atoms with Gasteiger partial charge in [-0.25, -0.2) is 4.39 Å². The van der Waals surface area contributed by atoms with Gasteiger partial charge >= 0.3 is 5.97 Å². The molecular formula is C36H52FNO3S. The first-order valence-corrected chi connectivity index (χ1v) is 17.2. The SMILES string of the molecule is CC(=O)O[C@H]1CC[C@]2(C)[C@H]3CC[C@]4(C)[C@@H]([C@H](C)CCCC(C)C)CC[C@H]4[C@@H]3C[C@@H]3OC(=S)N(c4ccc(F)cc4)[C@@]32C1. The highest BCUT2D eigenvalue weighted by Crippen LogP contribution is 2.71. The van der Waals surface area contributed by atoms with Crippen LogP contribution in [0.5, 0.6) is 0 Å². The molecule has 0 amide bonds. The van der Waals surface area contributed by atoms with E-state index in [1.54, 1.807) is 0 Å². The van der Waals surface area contributed by atoms with Crippen LogP contribution in [0, 0.1) is 52.2 Å². The molecule has 4 aliphatic carbocycles. The summed E-state index contributed by atoms with van der Waals surface area (Å²) >= 11 is 6.00. The second kappa shape index (κ2) is 11.0. The molecule has 0 unspecified atom stereocenters. The molecule has 0 aromatic heterocycles. The first-order chi connectivity index (χ1) is 19.9. The molecule has 4 saturated carbocycles. The van der Waals surface area contributed by atoms with Crippen LogP contribution < -0.4 is 4.90 Å². The molecule has 5 aliphatic rings. The van der Waals surface area contributed by atoms with Gasteiger partial charge in [-0.1, -0.05) is 53.9 Å². The molecule has 1 heterocycles. The summed E-state index contributed by atoms with van der Waals surface area (Å²) in [6, 6.07) is 6.71. The fourth-order valence-corrected chi connectivity index (χ4v) is 11.9. The van der Waals surface area contributed by atoms with Gasteiger partial charge in [-0.2, -0.15) is 0 Å². The highest BCUT2D eigenvalue weighted by atomic mass is 32.1. The quantitative estimate of drug-likeness (QED) is 0.232. The lowest BCUT2D eigenvalue weighted by atomic mass is 9.41. The average molecular weight is 598 g/mol. The Morgan fingerprint density at radius 2 is 1.81 bits per heavy atom. The van der Waals surface area contributed by atoms with E-state index < -0.39 is 5.54 Å². The van der Waals surface area contributed by atoms with Crippen LogP contribution in [-0.2, 0) is 14.3 Å². The minimum Gasteiger partial charge on any atom is -0.465 e. The van der Waals surface area contributed by atoms with E-state index in [-0.39, 0.29) is 29.4 Å². The van der Waals surface area contributed by atoms with Crippen molar-refractivity contribution in [1.82, 2.24) is 0 Å². The summed E-state index contributed by atoms with van der Waals surface area (Å²) in [6.07, 6.45) is 12.6. The first-order valence-electron chi connectivity index (χ1n) is 16.8. The molecule has 0 N–H and O–H groups in total. The van der Waals surface area contributed by atoms with Gasteiger partial charge in [0.15, 0.2) is 0 Å². The van der Waals surface area contributed by atoms with Crippen LogP contribution in [0.1, 0.15) is 112 Å². The summed E-state index contributed by atoms with van der Waals surface area (Å²) in [5.74, 6) is 3.76. The topological polar surface area (TPSA) is 38.8 Å². The number of benzene rings is 1. The lowest BCUT2D eigenvalue weighted by molar-refractivity contribution is -0.178. The van der Waals surface area contributed by atoms with Crippen molar-refractivity contribution >= 4 is 29.0 Å². The molecule has 10 atom stereocenters. The number of esters is 1. The van der Waals surface area contributed by atoms with Gasteiger partial charge in [0.2, 0.25) is 0 Å². The summed E-state index contributed by atoms with van der Waals surface area (Å²) in [4.78, 5) is 14.4. The molecule has 232 valence electrons. The van der Waals surface area contributed by atoms with E-state index in [2.05, 4.69) is 39.5 Å². The molecule has 42 heavy (non-hydrogen) atoms. The molecule has 4 nitrogen and oxygen atoms in total. The Kier molecular flexibility index (Phi) is 7.97. The lowest BCUT2D eigenvalue weighted by Crippen LogP contribution is -2.72. The Bertz CT molecular complexity index is 1190. The highest BCUT2D eigenvalue weighted by Gasteiger charge is 2.73. The maximum atomic E-state index is 14.1. The summed E-state index contributed by atoms with van der Waals surface area (Å²) in [5.41, 5.74) is 0.791. The third kappa shape index (κ3) is 4.63. The predicted octanol–water partition coefficient (Wildman–Crippen LogP) is 9.10. The number of thiocarbonyl (C=S) groups is 1. The molecule has 1 spiro atoms. The van der Waals surface area contributed by atoms with Crippen LogP contribution in [0.4, 0.5) is 10.1 Å². The van der Waals surface area contributed by atoms with E-state index in [1.165, 1.54) is 64.0 Å². The minimum atomic E-state index is -0.419. The number of hydrogen-bond donors (Lipinski definition) is 0. The molecule has 1 aromatic rings. The van der Waals surface area contributed by atoms with Crippen LogP contribution in [0.15, 0.2) is 24.3 Å². The van der Waals surface area contributed by atoms with Crippen molar-refractivity contribution < 1.29 is 18.7 Å². The number of carbonyl (C=O) groups is 1. The number of anilines is 1. The van der Waals surface area contributed by atoms with Crippen LogP contribution in [0.2, 0.25) is 0 Å². The van der Waals surface area contributed by atoms with Crippen LogP contribution in [0.25, 0.3) is 0 Å². The largest absolute Gasteiger partial charge is 0.465 e. The van der Waals surface area contributed by atoms with Crippen LogP contribution >= 0.6 is 12.2 Å². The van der Waals surface area contributed by atoms with Gasteiger partial charge in [0.05, 0.1) is 5.54 Å². The number of rotatable bonds is 7. The van der Waals surface area contributed by atoms with Crippen LogP contribution in [0.3, 0.4) is 0 Å². The summed E-state index contributed by atoms with van der Waals surface area (Å²) in [7, 11) is 0. The lowest BCUT2D eigenvalue weighted by Gasteiger charge is -2.67. The van der Waals surface area contributed by atoms with E-state index in [0.29, 0.717) is 34.8 Å². The molecule has 0 radical (unpaired) electrons. The number of hydrogen-bond acceptors (Lipinski definition) is 4. The molecular weight excluding hydrogens is 545 g/mol. The number of ether oxygens (including phenoxy) is 2. The maximum Gasteiger partial charge on any atom is 0.302 e. The summed E-state index contributed by atoms with van der Waals surface area (Å²) in [5, 5.41) is 0.491. The van der Waals surface area contributed by atoms with E-state index in [4.69, 9.17) is 21.7 Å². The van der Waals surface area contributed by atoms with Gasteiger partial charge < -0.3 is 9.47 Å². The van der Waals surface area contributed by atoms with Crippen molar-refractivity contribution in [3.05, 3.63) is 30.1 Å². The third-order valence-electron chi connectivity index (χ3n) is 13.2. The summed E-state index contributed by atoms with van der Waals surface area (Å²) in [6.45, 7) is 13.9. The van der Waals surface area contributed by atoms with E-state index >= 15 is 0 Å². The Morgan fingerprint density at radius 1 is 1.07 bits per heavy atom. The van der Waals surface area contributed by atoms with Gasteiger partial charge in [0, 0.05) is 19.0 Å². The van der Waals surface area contributed by atoms with Crippen molar-refractivity contribution in [1.29, 1.82) is 0 Å². The van der Waals surface area contributed by atoms with Crippen LogP contribution in [-0.4, -0.2) is 28.9 Å². The van der Waals surface area contributed by atoms with Crippen molar-refractivity contribution in [3.8, 4) is 0 Å². The van der Waals surface area contributed by atoms with Gasteiger partial charge in [0.1, 0.15) is 18.0 Å². The second-order valence-electron chi connectivity index (χ2n) is 15.6. The highest BCUT2D eigenvalue weighted by molar-refractivity contribution is 7.80. The minimum absolute atomic E-state index is 0.0610. The number of halogens is 1. The standard InChI is InChI=1S/C36H52FNO3S/c1-22(2)8-7-9-23(3)29-14-15-30-28-20-32-36(38(33(42)41-32)26-12-10-25(37)11-13-26)21-27(40-24(4)39)16-19-35(36,6)31(28)17-18-34(29,30)5/h10-13,22-23,27-32H,7-9,14-21H2,1-6H3/t23-,27+,28+,29-,30+,31+,32+,34-,35-,36+/m1/s1. The fraction of sp³-hybridized carbons (Fsp3) is 0.778. The fourth-order valence-electron chi connectivity index (χ4n) is 11.5. The van der Waals surface area contributed by atoms with Gasteiger partial charge in [-0.3, -0.25) is 9.69 Å². The van der Waals surface area contributed by atoms with E-state index in [0.717, 1.165) is 42.7 Å². The van der Waals surface area contributed by atoms with Crippen molar-refractivity contribution in [2.75, 3.05) is 4.90 Å². The summed E-state index contributed by atoms with van der Waals surface area (Å²) < 4.78 is 26.7. The molecule has 1 saturated heterocycles. The first kappa shape index (κ1) is 30.3. The van der Waals surface area contributed by atoms with Gasteiger partial charge in [-0.15, -0.1) is 0 Å². The molecule has 6 rings (SSSR count). The zero-order valence-corrected chi connectivity index (χ0v) is 27.5. The van der Waals surface area contributed by atoms with Gasteiger partial charge in [-0.05, 0) is 128 Å². The Morgan fingerprint density at radius 3 is 2.50 bits per heavy atom. The van der Waals surface area contributed by atoms with Crippen molar-refractivity contribution in [3.63, 3.8) is 0 Å². The van der Waals surface area contributed by atoms with E-state index in [1.807, 2.05) is 12.1 Å². The Labute approximate surface area is 258 Å². The monoisotopic (exact) mass is 597 g/mol. The third-order valence-corrected chi connectivity index (χ3v) is 13.5. The normalized spacial score (nSPS) is 41.4. The smallest absolute Gasteiger partial charge is 0.302 e. The maximum absolute atomic E-state index is 14.1. The van der Waals surface area contributed by atoms with Gasteiger partial charge in [0.25, 0.3) is 5.17 Å². The average Bonchev–Trinajstić information content (AvgIpc) is 3.41. The van der Waals surface area contributed by atoms with Crippen molar-refractivity contribution in [2.45, 2.75) is 130 Å². The van der Waals surface area contributed by atoms with E-state index in [9.17, 15) is 9.18 Å². The number of fused-ring (bicyclic) bond motifs is 4. The number of carbonyl (C=O) groups excluding carboxylic acids is 1. The zero-order valence-electron chi connectivity index (χ0n) is 26.7. The molecule has 5 fully saturated rings. The predicted molar refractivity (Wildman–Crippen MR) is 170 cm³/mol. The van der Waals surface area contributed by atoms with Crippen molar-refractivity contribution in [2.24, 2.45) is 46.3 Å². The molecule has 0 bridgehead atoms. The molecule has 1 aliphatic heterocycles.